The van der Waals surface area contributed by atoms with Crippen molar-refractivity contribution >= 4 is 35.2 Å². The third kappa shape index (κ3) is 5.11. The highest BCUT2D eigenvalue weighted by molar-refractivity contribution is 7.99. The number of carbonyl (C=O) groups is 2. The number of carbonyl (C=O) groups excluding carboxylic acids is 2. The first-order chi connectivity index (χ1) is 13.0. The molecule has 3 rings (SSSR count). The monoisotopic (exact) mass is 405 g/mol. The molecule has 0 saturated heterocycles. The molecule has 0 saturated carbocycles. The lowest BCUT2D eigenvalue weighted by Gasteiger charge is -2.09. The number of halogens is 1. The van der Waals surface area contributed by atoms with Crippen LogP contribution >= 0.6 is 23.4 Å². The molecule has 0 fully saturated rings. The van der Waals surface area contributed by atoms with Crippen molar-refractivity contribution < 1.29 is 14.0 Å². The summed E-state index contributed by atoms with van der Waals surface area (Å²) in [4.78, 5) is 22.7. The first-order valence-corrected chi connectivity index (χ1v) is 9.29. The normalized spacial score (nSPS) is 10.6. The maximum Gasteiger partial charge on any atom is 0.248 e. The molecule has 8 nitrogen and oxygen atoms in total. The second-order valence-electron chi connectivity index (χ2n) is 5.50. The van der Waals surface area contributed by atoms with Crippen molar-refractivity contribution in [3.8, 4) is 11.4 Å². The molecule has 140 valence electrons. The van der Waals surface area contributed by atoms with Crippen molar-refractivity contribution in [1.29, 1.82) is 0 Å². The number of hydrogen-bond acceptors (Lipinski definition) is 6. The molecule has 2 aromatic heterocycles. The Kier molecular flexibility index (Phi) is 6.15. The fourth-order valence-corrected chi connectivity index (χ4v) is 3.10. The zero-order chi connectivity index (χ0) is 19.2. The van der Waals surface area contributed by atoms with Crippen molar-refractivity contribution in [1.82, 2.24) is 25.6 Å². The van der Waals surface area contributed by atoms with E-state index in [1.165, 1.54) is 18.7 Å². The fourth-order valence-electron chi connectivity index (χ4n) is 2.23. The van der Waals surface area contributed by atoms with E-state index in [0.717, 1.165) is 11.3 Å². The Morgan fingerprint density at radius 3 is 2.63 bits per heavy atom. The van der Waals surface area contributed by atoms with Gasteiger partial charge < -0.3 is 4.42 Å². The number of amides is 2. The average Bonchev–Trinajstić information content (AvgIpc) is 3.29. The van der Waals surface area contributed by atoms with E-state index in [1.54, 1.807) is 24.5 Å². The Labute approximate surface area is 164 Å². The van der Waals surface area contributed by atoms with E-state index in [0.29, 0.717) is 22.5 Å². The number of hydrogen-bond donors (Lipinski definition) is 2. The molecule has 2 amide bonds. The van der Waals surface area contributed by atoms with Crippen LogP contribution in [0, 0.1) is 0 Å². The highest BCUT2D eigenvalue weighted by atomic mass is 35.5. The molecule has 0 radical (unpaired) electrons. The molecular weight excluding hydrogens is 390 g/mol. The average molecular weight is 406 g/mol. The van der Waals surface area contributed by atoms with Crippen LogP contribution < -0.4 is 10.9 Å². The van der Waals surface area contributed by atoms with Crippen LogP contribution in [0.2, 0.25) is 5.02 Å². The summed E-state index contributed by atoms with van der Waals surface area (Å²) in [5.41, 5.74) is 5.40. The van der Waals surface area contributed by atoms with Crippen LogP contribution in [0.3, 0.4) is 0 Å². The summed E-state index contributed by atoms with van der Waals surface area (Å²) >= 11 is 7.17. The molecule has 27 heavy (non-hydrogen) atoms. The van der Waals surface area contributed by atoms with Crippen LogP contribution in [-0.2, 0) is 16.1 Å². The van der Waals surface area contributed by atoms with E-state index in [4.69, 9.17) is 16.0 Å². The molecular formula is C17H16ClN5O3S. The zero-order valence-electron chi connectivity index (χ0n) is 14.3. The van der Waals surface area contributed by atoms with E-state index < -0.39 is 0 Å². The van der Waals surface area contributed by atoms with Crippen LogP contribution in [-0.4, -0.2) is 32.3 Å². The summed E-state index contributed by atoms with van der Waals surface area (Å²) < 4.78 is 7.29. The van der Waals surface area contributed by atoms with Crippen LogP contribution in [0.1, 0.15) is 12.7 Å². The van der Waals surface area contributed by atoms with Gasteiger partial charge in [0.2, 0.25) is 11.8 Å². The molecule has 10 heteroatoms. The lowest BCUT2D eigenvalue weighted by molar-refractivity contribution is -0.126. The van der Waals surface area contributed by atoms with Crippen molar-refractivity contribution in [3.63, 3.8) is 0 Å². The van der Waals surface area contributed by atoms with Gasteiger partial charge in [0.25, 0.3) is 0 Å². The predicted octanol–water partition coefficient (Wildman–Crippen LogP) is 2.50. The Bertz CT molecular complexity index is 925. The summed E-state index contributed by atoms with van der Waals surface area (Å²) in [5.74, 6) is 0.731. The van der Waals surface area contributed by atoms with E-state index in [2.05, 4.69) is 21.0 Å². The standard InChI is InChI=1S/C17H16ClN5O3S/c1-11(24)19-20-15(25)10-27-17-22-21-16(12-4-6-13(18)7-5-12)23(17)9-14-3-2-8-26-14/h2-8H,9-10H2,1H3,(H,19,24)(H,20,25). The number of thioether (sulfide) groups is 1. The number of rotatable bonds is 6. The SMILES string of the molecule is CC(=O)NNC(=O)CSc1nnc(-c2ccc(Cl)cc2)n1Cc1ccco1. The van der Waals surface area contributed by atoms with Crippen LogP contribution in [0.25, 0.3) is 11.4 Å². The fraction of sp³-hybridized carbons (Fsp3) is 0.176. The van der Waals surface area contributed by atoms with E-state index in [9.17, 15) is 9.59 Å². The molecule has 0 aliphatic carbocycles. The van der Waals surface area contributed by atoms with Crippen molar-refractivity contribution in [2.45, 2.75) is 18.6 Å². The number of nitrogens with zero attached hydrogens (tertiary/aromatic N) is 3. The molecule has 0 unspecified atom stereocenters. The topological polar surface area (TPSA) is 102 Å². The number of hydrazine groups is 1. The molecule has 2 N–H and O–H groups in total. The molecule has 3 aromatic rings. The third-order valence-electron chi connectivity index (χ3n) is 3.42. The largest absolute Gasteiger partial charge is 0.467 e. The van der Waals surface area contributed by atoms with Gasteiger partial charge in [-0.1, -0.05) is 23.4 Å². The Morgan fingerprint density at radius 2 is 1.96 bits per heavy atom. The minimum Gasteiger partial charge on any atom is -0.467 e. The summed E-state index contributed by atoms with van der Waals surface area (Å²) in [7, 11) is 0. The highest BCUT2D eigenvalue weighted by Crippen LogP contribution is 2.26. The van der Waals surface area contributed by atoms with Gasteiger partial charge in [0.05, 0.1) is 18.6 Å². The quantitative estimate of drug-likeness (QED) is 0.482. The minimum atomic E-state index is -0.351. The lowest BCUT2D eigenvalue weighted by atomic mass is 10.2. The molecule has 2 heterocycles. The van der Waals surface area contributed by atoms with Gasteiger partial charge in [-0.15, -0.1) is 10.2 Å². The van der Waals surface area contributed by atoms with Crippen molar-refractivity contribution in [3.05, 3.63) is 53.4 Å². The Hall–Kier alpha value is -2.78. The molecule has 0 bridgehead atoms. The molecule has 1 aromatic carbocycles. The van der Waals surface area contributed by atoms with Gasteiger partial charge in [0.1, 0.15) is 5.76 Å². The van der Waals surface area contributed by atoms with Crippen LogP contribution in [0.15, 0.2) is 52.2 Å². The van der Waals surface area contributed by atoms with E-state index >= 15 is 0 Å². The summed E-state index contributed by atoms with van der Waals surface area (Å²) in [6, 6.07) is 10.9. The maximum absolute atomic E-state index is 11.8. The summed E-state index contributed by atoms with van der Waals surface area (Å²) in [6.45, 7) is 1.72. The number of benzene rings is 1. The van der Waals surface area contributed by atoms with Crippen molar-refractivity contribution in [2.75, 3.05) is 5.75 Å². The second-order valence-corrected chi connectivity index (χ2v) is 6.88. The van der Waals surface area contributed by atoms with Gasteiger partial charge in [-0.25, -0.2) is 0 Å². The predicted molar refractivity (Wildman–Crippen MR) is 101 cm³/mol. The number of furan rings is 1. The highest BCUT2D eigenvalue weighted by Gasteiger charge is 2.17. The Morgan fingerprint density at radius 1 is 1.19 bits per heavy atom. The molecule has 0 spiro atoms. The first-order valence-electron chi connectivity index (χ1n) is 7.92. The van der Waals surface area contributed by atoms with Gasteiger partial charge in [0.15, 0.2) is 11.0 Å². The smallest absolute Gasteiger partial charge is 0.248 e. The van der Waals surface area contributed by atoms with Gasteiger partial charge in [-0.05, 0) is 36.4 Å². The van der Waals surface area contributed by atoms with Gasteiger partial charge in [0, 0.05) is 17.5 Å². The first kappa shape index (κ1) is 19.0. The lowest BCUT2D eigenvalue weighted by Crippen LogP contribution is -2.41. The van der Waals surface area contributed by atoms with Gasteiger partial charge in [-0.3, -0.25) is 25.0 Å². The van der Waals surface area contributed by atoms with Crippen LogP contribution in [0.4, 0.5) is 0 Å². The Balaban J connectivity index is 1.81. The van der Waals surface area contributed by atoms with E-state index in [-0.39, 0.29) is 17.6 Å². The summed E-state index contributed by atoms with van der Waals surface area (Å²) in [6.07, 6.45) is 1.59. The van der Waals surface area contributed by atoms with Crippen LogP contribution in [0.5, 0.6) is 0 Å². The maximum atomic E-state index is 11.8. The van der Waals surface area contributed by atoms with E-state index in [1.807, 2.05) is 22.8 Å². The third-order valence-corrected chi connectivity index (χ3v) is 4.64. The summed E-state index contributed by atoms with van der Waals surface area (Å²) in [5, 5.41) is 9.63. The molecule has 0 aliphatic rings. The second kappa shape index (κ2) is 8.74. The van der Waals surface area contributed by atoms with Gasteiger partial charge in [-0.2, -0.15) is 0 Å². The van der Waals surface area contributed by atoms with Crippen molar-refractivity contribution in [2.24, 2.45) is 0 Å². The molecule has 0 atom stereocenters. The van der Waals surface area contributed by atoms with Gasteiger partial charge >= 0.3 is 0 Å². The molecule has 0 aliphatic heterocycles. The number of nitrogens with one attached hydrogen (secondary N) is 2. The minimum absolute atomic E-state index is 0.0667. The number of aromatic nitrogens is 3. The zero-order valence-corrected chi connectivity index (χ0v) is 15.9.